The van der Waals surface area contributed by atoms with E-state index >= 15 is 0 Å². The second-order valence-corrected chi connectivity index (χ2v) is 12.1. The van der Waals surface area contributed by atoms with Gasteiger partial charge in [0.05, 0.1) is 5.69 Å². The highest BCUT2D eigenvalue weighted by Crippen LogP contribution is 2.36. The van der Waals surface area contributed by atoms with Crippen LogP contribution in [0.25, 0.3) is 28.3 Å². The number of rotatable bonds is 8. The van der Waals surface area contributed by atoms with Gasteiger partial charge in [0.15, 0.2) is 0 Å². The van der Waals surface area contributed by atoms with Crippen LogP contribution in [0.4, 0.5) is 5.69 Å². The van der Waals surface area contributed by atoms with E-state index in [0.717, 1.165) is 19.5 Å². The van der Waals surface area contributed by atoms with Gasteiger partial charge in [0.1, 0.15) is 0 Å². The first-order chi connectivity index (χ1) is 22.8. The van der Waals surface area contributed by atoms with Gasteiger partial charge in [-0.05, 0) is 73.9 Å². The summed E-state index contributed by atoms with van der Waals surface area (Å²) in [4.78, 5) is 2.62. The van der Waals surface area contributed by atoms with Crippen molar-refractivity contribution in [3.8, 4) is 11.1 Å². The maximum Gasteiger partial charge on any atom is 0.0535 e. The molecular formula is C45H35N. The van der Waals surface area contributed by atoms with Crippen LogP contribution in [0.5, 0.6) is 0 Å². The van der Waals surface area contributed by atoms with E-state index in [-0.39, 0.29) is 0 Å². The standard InChI is InChI=1S/C45H35N/c1-5-17-33(18-6-1)31-46(32-34-19-7-2-8-20-34)45-42(43(35-21-9-3-10-22-35)36-23-11-4-12-24-36)30-40-39-28-16-15-27-38(39)29-41(40)44(45)37-25-13-14-26-37/h1-25,27-30H,26,31-32H2. The van der Waals surface area contributed by atoms with Crippen LogP contribution in [0.1, 0.15) is 39.8 Å². The van der Waals surface area contributed by atoms with Crippen LogP contribution in [-0.2, 0) is 13.1 Å². The Hall–Kier alpha value is -5.66. The molecule has 0 aromatic heterocycles. The van der Waals surface area contributed by atoms with Crippen molar-refractivity contribution in [2.24, 2.45) is 0 Å². The molecule has 2 aliphatic rings. The van der Waals surface area contributed by atoms with Crippen molar-refractivity contribution in [3.05, 3.63) is 214 Å². The minimum Gasteiger partial charge on any atom is -0.362 e. The predicted octanol–water partition coefficient (Wildman–Crippen LogP) is 9.29. The quantitative estimate of drug-likeness (QED) is 0.171. The summed E-state index contributed by atoms with van der Waals surface area (Å²) in [5.41, 5.74) is 14.2. The van der Waals surface area contributed by atoms with Gasteiger partial charge < -0.3 is 4.90 Å². The molecule has 6 aromatic rings. The summed E-state index contributed by atoms with van der Waals surface area (Å²) in [5.74, 6) is 0. The lowest BCUT2D eigenvalue weighted by molar-refractivity contribution is 0.794. The lowest BCUT2D eigenvalue weighted by atomic mass is 9.88. The van der Waals surface area contributed by atoms with Crippen molar-refractivity contribution in [2.75, 3.05) is 4.90 Å². The molecule has 6 aromatic carbocycles. The summed E-state index contributed by atoms with van der Waals surface area (Å²) in [6.45, 7) is 1.58. The number of hydrogen-bond donors (Lipinski definition) is 0. The molecule has 0 spiro atoms. The van der Waals surface area contributed by atoms with Crippen LogP contribution in [-0.4, -0.2) is 0 Å². The van der Waals surface area contributed by atoms with Gasteiger partial charge in [0, 0.05) is 23.9 Å². The molecular weight excluding hydrogens is 555 g/mol. The fraction of sp³-hybridized carbons (Fsp3) is 0.0667. The van der Waals surface area contributed by atoms with E-state index in [1.807, 2.05) is 0 Å². The monoisotopic (exact) mass is 589 g/mol. The van der Waals surface area contributed by atoms with Crippen molar-refractivity contribution in [1.82, 2.24) is 0 Å². The highest BCUT2D eigenvalue weighted by Gasteiger charge is 2.26. The maximum atomic E-state index is 2.62. The molecule has 0 unspecified atom stereocenters. The third kappa shape index (κ3) is 5.31. The van der Waals surface area contributed by atoms with E-state index in [1.54, 1.807) is 0 Å². The van der Waals surface area contributed by atoms with E-state index in [1.165, 1.54) is 71.8 Å². The lowest BCUT2D eigenvalue weighted by Gasteiger charge is -2.30. The summed E-state index contributed by atoms with van der Waals surface area (Å²) in [7, 11) is 0. The number of fused-ring (bicyclic) bond motifs is 3. The molecule has 0 heterocycles. The van der Waals surface area contributed by atoms with Gasteiger partial charge in [-0.2, -0.15) is 0 Å². The Morgan fingerprint density at radius 1 is 0.565 bits per heavy atom. The second kappa shape index (κ2) is 12.4. The van der Waals surface area contributed by atoms with E-state index in [0.29, 0.717) is 0 Å². The molecule has 0 atom stereocenters. The average Bonchev–Trinajstić information content (AvgIpc) is 3.78. The number of nitrogens with zero attached hydrogens (tertiary/aromatic N) is 1. The first-order valence-electron chi connectivity index (χ1n) is 16.2. The topological polar surface area (TPSA) is 3.24 Å². The molecule has 8 rings (SSSR count). The molecule has 0 N–H and O–H groups in total. The summed E-state index contributed by atoms with van der Waals surface area (Å²) in [6.07, 6.45) is 10.2. The fourth-order valence-electron chi connectivity index (χ4n) is 7.07. The first kappa shape index (κ1) is 27.9. The fourth-order valence-corrected chi connectivity index (χ4v) is 7.07. The molecule has 0 amide bonds. The zero-order chi connectivity index (χ0) is 30.7. The molecule has 0 fully saturated rings. The molecule has 1 heteroatoms. The lowest BCUT2D eigenvalue weighted by Crippen LogP contribution is -2.33. The van der Waals surface area contributed by atoms with Gasteiger partial charge in [-0.15, -0.1) is 0 Å². The van der Waals surface area contributed by atoms with Gasteiger partial charge in [-0.3, -0.25) is 0 Å². The molecule has 0 radical (unpaired) electrons. The van der Waals surface area contributed by atoms with E-state index in [4.69, 9.17) is 0 Å². The van der Waals surface area contributed by atoms with Crippen molar-refractivity contribution in [1.29, 1.82) is 0 Å². The molecule has 1 nitrogen and oxygen atoms in total. The molecule has 46 heavy (non-hydrogen) atoms. The highest BCUT2D eigenvalue weighted by molar-refractivity contribution is 5.94. The molecule has 0 aliphatic heterocycles. The third-order valence-electron chi connectivity index (χ3n) is 9.13. The van der Waals surface area contributed by atoms with Crippen LogP contribution < -0.4 is 15.3 Å². The molecule has 2 aliphatic carbocycles. The summed E-state index contributed by atoms with van der Waals surface area (Å²) < 4.78 is 0. The first-order valence-corrected chi connectivity index (χ1v) is 16.2. The Morgan fingerprint density at radius 2 is 1.11 bits per heavy atom. The Bertz CT molecular complexity index is 2110. The molecule has 0 saturated heterocycles. The number of hydrogen-bond acceptors (Lipinski definition) is 1. The smallest absolute Gasteiger partial charge is 0.0535 e. The third-order valence-corrected chi connectivity index (χ3v) is 9.13. The van der Waals surface area contributed by atoms with E-state index in [9.17, 15) is 0 Å². The summed E-state index contributed by atoms with van der Waals surface area (Å²) in [6, 6.07) is 55.1. The van der Waals surface area contributed by atoms with E-state index in [2.05, 4.69) is 181 Å². The van der Waals surface area contributed by atoms with Crippen LogP contribution in [0.15, 0.2) is 170 Å². The molecule has 0 bridgehead atoms. The zero-order valence-electron chi connectivity index (χ0n) is 25.8. The Labute approximate surface area is 271 Å². The van der Waals surface area contributed by atoms with E-state index < -0.39 is 0 Å². The van der Waals surface area contributed by atoms with Crippen LogP contribution >= 0.6 is 0 Å². The predicted molar refractivity (Wildman–Crippen MR) is 194 cm³/mol. The van der Waals surface area contributed by atoms with Crippen LogP contribution in [0.2, 0.25) is 0 Å². The number of anilines is 1. The van der Waals surface area contributed by atoms with Crippen LogP contribution in [0.3, 0.4) is 0 Å². The Kier molecular flexibility index (Phi) is 7.50. The largest absolute Gasteiger partial charge is 0.362 e. The Morgan fingerprint density at radius 3 is 1.67 bits per heavy atom. The van der Waals surface area contributed by atoms with Crippen molar-refractivity contribution >= 4 is 22.9 Å². The number of benzene rings is 6. The van der Waals surface area contributed by atoms with Gasteiger partial charge in [-0.25, -0.2) is 0 Å². The molecule has 220 valence electrons. The SMILES string of the molecule is C1=CCC(c2c(N(Cc3ccccc3)Cc3ccccc3)c(=C(c3ccccc3)c3ccccc3)cc3c2=Cc2ccccc2-3)=C1. The maximum absolute atomic E-state index is 2.62. The van der Waals surface area contributed by atoms with Gasteiger partial charge in [0.25, 0.3) is 0 Å². The summed E-state index contributed by atoms with van der Waals surface area (Å²) in [5, 5.41) is 2.58. The normalized spacial score (nSPS) is 12.7. The van der Waals surface area contributed by atoms with Crippen molar-refractivity contribution in [3.63, 3.8) is 0 Å². The minimum absolute atomic E-state index is 0.791. The Balaban J connectivity index is 1.54. The van der Waals surface area contributed by atoms with Crippen molar-refractivity contribution in [2.45, 2.75) is 19.5 Å². The van der Waals surface area contributed by atoms with Gasteiger partial charge in [0.2, 0.25) is 0 Å². The molecule has 0 saturated carbocycles. The van der Waals surface area contributed by atoms with Crippen molar-refractivity contribution < 1.29 is 0 Å². The second-order valence-electron chi connectivity index (χ2n) is 12.1. The average molecular weight is 590 g/mol. The summed E-state index contributed by atoms with van der Waals surface area (Å²) >= 11 is 0. The number of allylic oxidation sites excluding steroid dienone is 4. The minimum atomic E-state index is 0.791. The zero-order valence-corrected chi connectivity index (χ0v) is 25.8. The highest BCUT2D eigenvalue weighted by atomic mass is 15.1. The van der Waals surface area contributed by atoms with Gasteiger partial charge >= 0.3 is 0 Å². The van der Waals surface area contributed by atoms with Crippen LogP contribution in [0, 0.1) is 0 Å². The van der Waals surface area contributed by atoms with Gasteiger partial charge in [-0.1, -0.05) is 164 Å².